The third-order valence-electron chi connectivity index (χ3n) is 0. The van der Waals surface area contributed by atoms with E-state index in [0.717, 1.165) is 0 Å². The van der Waals surface area contributed by atoms with E-state index in [-0.39, 0.29) is 46.5 Å². The van der Waals surface area contributed by atoms with Gasteiger partial charge in [-0.3, -0.25) is 0 Å². The van der Waals surface area contributed by atoms with Gasteiger partial charge >= 0.3 is 34.1 Å². The van der Waals surface area contributed by atoms with Crippen molar-refractivity contribution >= 4 is 0 Å². The second kappa shape index (κ2) is 16.0. The molecule has 0 amide bonds. The van der Waals surface area contributed by atoms with Crippen molar-refractivity contribution in [2.45, 2.75) is 0 Å². The molecule has 0 saturated carbocycles. The fourth-order valence-electron chi connectivity index (χ4n) is 0. The molecule has 0 saturated heterocycles. The topological polar surface area (TPSA) is 66.2 Å². The van der Waals surface area contributed by atoms with Crippen molar-refractivity contribution in [2.75, 3.05) is 0 Å². The van der Waals surface area contributed by atoms with Crippen molar-refractivity contribution < 1.29 is 51.6 Å². The van der Waals surface area contributed by atoms with Crippen molar-refractivity contribution in [1.29, 1.82) is 0 Å². The van der Waals surface area contributed by atoms with Crippen LogP contribution in [0.15, 0.2) is 0 Å². The zero-order valence-corrected chi connectivity index (χ0v) is 5.92. The Labute approximate surface area is 67.1 Å². The third kappa shape index (κ3) is 479. The number of rotatable bonds is 0. The Morgan fingerprint density at radius 3 is 1.14 bits per heavy atom. The van der Waals surface area contributed by atoms with Crippen molar-refractivity contribution in [3.63, 3.8) is 0 Å². The van der Waals surface area contributed by atoms with Crippen molar-refractivity contribution in [3.8, 4) is 0 Å². The van der Waals surface area contributed by atoms with Gasteiger partial charge in [-0.25, -0.2) is 0 Å². The van der Waals surface area contributed by atoms with Crippen LogP contribution < -0.4 is 12.4 Å². The molecule has 0 spiro atoms. The molecule has 0 N–H and O–H groups in total. The van der Waals surface area contributed by atoms with E-state index < -0.39 is 5.09 Å². The molecule has 7 heavy (non-hydrogen) atoms. The minimum absolute atomic E-state index is 0. The number of nitrogens with zero attached hydrogens (tertiary/aromatic N) is 1. The molecule has 2 radical (unpaired) electrons. The molecule has 0 aromatic rings. The Morgan fingerprint density at radius 1 is 1.14 bits per heavy atom. The first-order valence-electron chi connectivity index (χ1n) is 0.548. The Balaban J connectivity index is -0.0000000150. The summed E-state index contributed by atoms with van der Waals surface area (Å²) in [6, 6.07) is 0. The standard InChI is InChI=1S/ClH.2Mn.NO3/c;;;2-1(3)4/h1H;;;/q;2*+2;-1/p-1. The Bertz CT molecular complexity index is 35.9. The molecule has 4 nitrogen and oxygen atoms in total. The molecule has 0 fully saturated rings. The van der Waals surface area contributed by atoms with Gasteiger partial charge in [0.25, 0.3) is 0 Å². The summed E-state index contributed by atoms with van der Waals surface area (Å²) in [7, 11) is 0. The van der Waals surface area contributed by atoms with Gasteiger partial charge in [0.05, 0.1) is 5.09 Å². The van der Waals surface area contributed by atoms with Gasteiger partial charge in [-0.05, 0) is 0 Å². The average Bonchev–Trinajstić information content (AvgIpc) is 0.811. The fourth-order valence-corrected chi connectivity index (χ4v) is 0. The second-order valence-corrected chi connectivity index (χ2v) is 0.224. The summed E-state index contributed by atoms with van der Waals surface area (Å²) in [5, 5.41) is 14.8. The molecule has 42 valence electrons. The van der Waals surface area contributed by atoms with Crippen LogP contribution in [0.4, 0.5) is 0 Å². The molecule has 0 aliphatic rings. The average molecular weight is 207 g/mol. The van der Waals surface area contributed by atoms with Gasteiger partial charge in [-0.1, -0.05) is 0 Å². The molecule has 0 aromatic heterocycles. The molecule has 0 aliphatic carbocycles. The molecule has 0 bridgehead atoms. The van der Waals surface area contributed by atoms with Gasteiger partial charge in [-0.2, -0.15) is 0 Å². The van der Waals surface area contributed by atoms with Crippen molar-refractivity contribution in [3.05, 3.63) is 15.3 Å². The summed E-state index contributed by atoms with van der Waals surface area (Å²) < 4.78 is 0. The summed E-state index contributed by atoms with van der Waals surface area (Å²) in [5.41, 5.74) is 0. The van der Waals surface area contributed by atoms with E-state index in [1.165, 1.54) is 0 Å². The minimum atomic E-state index is -1.75. The second-order valence-electron chi connectivity index (χ2n) is 0.224. The summed E-state index contributed by atoms with van der Waals surface area (Å²) in [5.74, 6) is 0. The SMILES string of the molecule is O=[N+]([O-])[O-].[Cl-].[Mn+2].[Mn+2]. The molecule has 0 unspecified atom stereocenters. The molecule has 0 aromatic carbocycles. The van der Waals surface area contributed by atoms with E-state index in [1.54, 1.807) is 0 Å². The summed E-state index contributed by atoms with van der Waals surface area (Å²) in [4.78, 5) is 8.25. The van der Waals surface area contributed by atoms with Gasteiger partial charge in [0.1, 0.15) is 0 Å². The van der Waals surface area contributed by atoms with Gasteiger partial charge < -0.3 is 27.7 Å². The fraction of sp³-hybridized carbons (Fsp3) is 0. The van der Waals surface area contributed by atoms with E-state index >= 15 is 0 Å². The smallest absolute Gasteiger partial charge is 1.00 e. The van der Waals surface area contributed by atoms with Crippen LogP contribution in [0.5, 0.6) is 0 Å². The first kappa shape index (κ1) is 25.8. The van der Waals surface area contributed by atoms with E-state index in [2.05, 4.69) is 0 Å². The zero-order valence-electron chi connectivity index (χ0n) is 2.81. The van der Waals surface area contributed by atoms with Gasteiger partial charge in [-0.15, -0.1) is 0 Å². The van der Waals surface area contributed by atoms with E-state index in [1.807, 2.05) is 0 Å². The van der Waals surface area contributed by atoms with Crippen LogP contribution >= 0.6 is 0 Å². The summed E-state index contributed by atoms with van der Waals surface area (Å²) in [6.45, 7) is 0. The predicted octanol–water partition coefficient (Wildman–Crippen LogP) is -3.24. The van der Waals surface area contributed by atoms with Crippen LogP contribution in [0, 0.1) is 15.3 Å². The van der Waals surface area contributed by atoms with E-state index in [4.69, 9.17) is 15.3 Å². The van der Waals surface area contributed by atoms with Crippen LogP contribution in [0.3, 0.4) is 0 Å². The molecular formula is ClMn2NO3+2. The molecule has 0 rings (SSSR count). The van der Waals surface area contributed by atoms with Gasteiger partial charge in [0, 0.05) is 0 Å². The minimum Gasteiger partial charge on any atom is -1.00 e. The van der Waals surface area contributed by atoms with Gasteiger partial charge in [0.15, 0.2) is 0 Å². The van der Waals surface area contributed by atoms with E-state index in [0.29, 0.717) is 0 Å². The largest absolute Gasteiger partial charge is 2.00 e. The van der Waals surface area contributed by atoms with Gasteiger partial charge in [0.2, 0.25) is 0 Å². The van der Waals surface area contributed by atoms with Crippen LogP contribution in [0.25, 0.3) is 0 Å². The molecular weight excluding hydrogens is 207 g/mol. The van der Waals surface area contributed by atoms with Crippen LogP contribution in [-0.4, -0.2) is 5.09 Å². The Kier molecular flexibility index (Phi) is 59.0. The van der Waals surface area contributed by atoms with Crippen LogP contribution in [-0.2, 0) is 34.1 Å². The Morgan fingerprint density at radius 2 is 1.14 bits per heavy atom. The van der Waals surface area contributed by atoms with Crippen molar-refractivity contribution in [1.82, 2.24) is 0 Å². The first-order chi connectivity index (χ1) is 1.73. The molecule has 7 heteroatoms. The van der Waals surface area contributed by atoms with Crippen LogP contribution in [0.2, 0.25) is 0 Å². The Hall–Kier alpha value is 0.529. The van der Waals surface area contributed by atoms with E-state index in [9.17, 15) is 0 Å². The molecule has 0 aliphatic heterocycles. The summed E-state index contributed by atoms with van der Waals surface area (Å²) in [6.07, 6.45) is 0. The number of halogens is 1. The predicted molar refractivity (Wildman–Crippen MR) is 10.4 cm³/mol. The monoisotopic (exact) mass is 207 g/mol. The maximum Gasteiger partial charge on any atom is 2.00 e. The summed E-state index contributed by atoms with van der Waals surface area (Å²) >= 11 is 0. The first-order valence-corrected chi connectivity index (χ1v) is 0.548. The normalized spacial score (nSPS) is 3.43. The maximum atomic E-state index is 8.25. The molecule has 0 atom stereocenters. The quantitative estimate of drug-likeness (QED) is 0.238. The number of hydrogen-bond donors (Lipinski definition) is 0. The van der Waals surface area contributed by atoms with Crippen molar-refractivity contribution in [2.24, 2.45) is 0 Å². The number of hydrogen-bond acceptors (Lipinski definition) is 3. The zero-order chi connectivity index (χ0) is 3.58. The third-order valence-corrected chi connectivity index (χ3v) is 0. The maximum absolute atomic E-state index is 8.25. The molecule has 0 heterocycles. The van der Waals surface area contributed by atoms with Crippen LogP contribution in [0.1, 0.15) is 0 Å².